The van der Waals surface area contributed by atoms with Crippen LogP contribution in [0.4, 0.5) is 11.4 Å². The van der Waals surface area contributed by atoms with Crippen LogP contribution in [0.5, 0.6) is 5.75 Å². The molecule has 0 aliphatic carbocycles. The minimum atomic E-state index is -0.506. The number of thioether (sulfide) groups is 1. The third-order valence-electron chi connectivity index (χ3n) is 5.04. The Hall–Kier alpha value is -4.19. The third kappa shape index (κ3) is 7.15. The lowest BCUT2D eigenvalue weighted by Gasteiger charge is -2.15. The molecule has 0 bridgehead atoms. The SMILES string of the molecule is C=CCn1c(SCC(=O)Nc2ccc([N+](=O)[O-])cc2)nnc1C(C)NC(=O)Cc1ccc(OC)cc1. The van der Waals surface area contributed by atoms with Crippen molar-refractivity contribution in [2.75, 3.05) is 18.2 Å². The number of methoxy groups -OCH3 is 1. The molecule has 1 aromatic heterocycles. The monoisotopic (exact) mass is 510 g/mol. The molecule has 0 saturated heterocycles. The molecule has 2 amide bonds. The van der Waals surface area contributed by atoms with Crippen molar-refractivity contribution in [2.24, 2.45) is 0 Å². The summed E-state index contributed by atoms with van der Waals surface area (Å²) in [6.45, 7) is 5.98. The molecule has 36 heavy (non-hydrogen) atoms. The molecule has 0 aliphatic heterocycles. The number of hydrogen-bond donors (Lipinski definition) is 2. The van der Waals surface area contributed by atoms with Gasteiger partial charge in [0.25, 0.3) is 5.69 Å². The topological polar surface area (TPSA) is 141 Å². The summed E-state index contributed by atoms with van der Waals surface area (Å²) in [7, 11) is 1.58. The summed E-state index contributed by atoms with van der Waals surface area (Å²) in [5.74, 6) is 0.833. The molecule has 2 aromatic carbocycles. The lowest BCUT2D eigenvalue weighted by molar-refractivity contribution is -0.384. The van der Waals surface area contributed by atoms with Gasteiger partial charge in [0, 0.05) is 24.4 Å². The zero-order chi connectivity index (χ0) is 26.1. The molecular formula is C24H26N6O5S. The van der Waals surface area contributed by atoms with Gasteiger partial charge >= 0.3 is 0 Å². The molecule has 3 aromatic rings. The quantitative estimate of drug-likeness (QED) is 0.163. The summed E-state index contributed by atoms with van der Waals surface area (Å²) in [6.07, 6.45) is 1.88. The Morgan fingerprint density at radius 2 is 1.86 bits per heavy atom. The number of hydrogen-bond acceptors (Lipinski definition) is 8. The van der Waals surface area contributed by atoms with Crippen molar-refractivity contribution >= 4 is 35.0 Å². The summed E-state index contributed by atoms with van der Waals surface area (Å²) in [6, 6.07) is 12.4. The van der Waals surface area contributed by atoms with Gasteiger partial charge in [-0.2, -0.15) is 0 Å². The number of allylic oxidation sites excluding steroid dienone is 1. The number of carbonyl (C=O) groups is 2. The molecule has 1 unspecified atom stereocenters. The molecule has 0 spiro atoms. The van der Waals surface area contributed by atoms with Crippen molar-refractivity contribution in [3.8, 4) is 5.75 Å². The van der Waals surface area contributed by atoms with E-state index in [9.17, 15) is 19.7 Å². The van der Waals surface area contributed by atoms with Crippen LogP contribution < -0.4 is 15.4 Å². The highest BCUT2D eigenvalue weighted by Crippen LogP contribution is 2.22. The first kappa shape index (κ1) is 26.4. The highest BCUT2D eigenvalue weighted by molar-refractivity contribution is 7.99. The van der Waals surface area contributed by atoms with E-state index >= 15 is 0 Å². The molecule has 3 rings (SSSR count). The van der Waals surface area contributed by atoms with Gasteiger partial charge < -0.3 is 19.9 Å². The summed E-state index contributed by atoms with van der Waals surface area (Å²) < 4.78 is 6.92. The standard InChI is InChI=1S/C24H26N6O5S/c1-4-13-29-23(16(2)25-21(31)14-17-5-11-20(35-3)12-6-17)27-28-24(29)36-15-22(32)26-18-7-9-19(10-8-18)30(33)34/h4-12,16H,1,13-15H2,2-3H3,(H,25,31)(H,26,32). The first-order chi connectivity index (χ1) is 17.3. The van der Waals surface area contributed by atoms with Gasteiger partial charge in [-0.1, -0.05) is 30.0 Å². The van der Waals surface area contributed by atoms with E-state index < -0.39 is 11.0 Å². The Bertz CT molecular complexity index is 1230. The van der Waals surface area contributed by atoms with Gasteiger partial charge in [0.1, 0.15) is 5.75 Å². The van der Waals surface area contributed by atoms with Crippen molar-refractivity contribution < 1.29 is 19.2 Å². The number of nitrogens with one attached hydrogen (secondary N) is 2. The van der Waals surface area contributed by atoms with E-state index in [4.69, 9.17) is 4.74 Å². The van der Waals surface area contributed by atoms with Crippen LogP contribution in [0.2, 0.25) is 0 Å². The molecule has 11 nitrogen and oxygen atoms in total. The fourth-order valence-electron chi connectivity index (χ4n) is 3.31. The maximum atomic E-state index is 12.6. The molecule has 0 fully saturated rings. The van der Waals surface area contributed by atoms with Gasteiger partial charge in [0.05, 0.1) is 30.2 Å². The Morgan fingerprint density at radius 1 is 1.17 bits per heavy atom. The molecule has 1 atom stereocenters. The first-order valence-corrected chi connectivity index (χ1v) is 11.9. The van der Waals surface area contributed by atoms with Crippen molar-refractivity contribution in [1.82, 2.24) is 20.1 Å². The summed E-state index contributed by atoms with van der Waals surface area (Å²) in [5.41, 5.74) is 1.24. The van der Waals surface area contributed by atoms with E-state index in [1.807, 2.05) is 19.1 Å². The molecule has 0 radical (unpaired) electrons. The second-order valence-electron chi connectivity index (χ2n) is 7.69. The number of benzene rings is 2. The van der Waals surface area contributed by atoms with Crippen LogP contribution in [-0.2, 0) is 22.6 Å². The van der Waals surface area contributed by atoms with Crippen LogP contribution in [0.15, 0.2) is 66.3 Å². The fraction of sp³-hybridized carbons (Fsp3) is 0.250. The van der Waals surface area contributed by atoms with Crippen molar-refractivity contribution in [1.29, 1.82) is 0 Å². The predicted octanol–water partition coefficient (Wildman–Crippen LogP) is 3.53. The lowest BCUT2D eigenvalue weighted by Crippen LogP contribution is -2.30. The highest BCUT2D eigenvalue weighted by atomic mass is 32.2. The normalized spacial score (nSPS) is 11.4. The maximum Gasteiger partial charge on any atom is 0.269 e. The number of anilines is 1. The number of nitro groups is 1. The number of amides is 2. The number of aromatic nitrogens is 3. The Labute approximate surface area is 212 Å². The number of rotatable bonds is 12. The summed E-state index contributed by atoms with van der Waals surface area (Å²) in [4.78, 5) is 35.2. The van der Waals surface area contributed by atoms with Crippen LogP contribution in [0.1, 0.15) is 24.4 Å². The van der Waals surface area contributed by atoms with E-state index in [1.165, 1.54) is 36.0 Å². The number of carbonyl (C=O) groups excluding carboxylic acids is 2. The first-order valence-electron chi connectivity index (χ1n) is 10.9. The number of ether oxygens (including phenoxy) is 1. The minimum Gasteiger partial charge on any atom is -0.497 e. The van der Waals surface area contributed by atoms with E-state index in [0.29, 0.717) is 23.2 Å². The smallest absolute Gasteiger partial charge is 0.269 e. The Kier molecular flexibility index (Phi) is 9.17. The van der Waals surface area contributed by atoms with Crippen molar-refractivity contribution in [2.45, 2.75) is 31.1 Å². The molecule has 2 N–H and O–H groups in total. The fourth-order valence-corrected chi connectivity index (χ4v) is 4.06. The van der Waals surface area contributed by atoms with E-state index in [0.717, 1.165) is 11.3 Å². The molecule has 188 valence electrons. The molecule has 1 heterocycles. The van der Waals surface area contributed by atoms with Gasteiger partial charge in [-0.3, -0.25) is 19.7 Å². The molecule has 0 aliphatic rings. The maximum absolute atomic E-state index is 12.6. The molecular weight excluding hydrogens is 484 g/mol. The average Bonchev–Trinajstić information content (AvgIpc) is 3.26. The highest BCUT2D eigenvalue weighted by Gasteiger charge is 2.20. The summed E-state index contributed by atoms with van der Waals surface area (Å²) in [5, 5.41) is 25.3. The van der Waals surface area contributed by atoms with Crippen molar-refractivity contribution in [3.05, 3.63) is 82.7 Å². The van der Waals surface area contributed by atoms with E-state index in [2.05, 4.69) is 27.4 Å². The van der Waals surface area contributed by atoms with Crippen LogP contribution >= 0.6 is 11.8 Å². The van der Waals surface area contributed by atoms with Gasteiger partial charge in [0.2, 0.25) is 11.8 Å². The largest absolute Gasteiger partial charge is 0.497 e. The number of non-ortho nitro benzene ring substituents is 1. The molecule has 0 saturated carbocycles. The lowest BCUT2D eigenvalue weighted by atomic mass is 10.1. The Balaban J connectivity index is 1.59. The van der Waals surface area contributed by atoms with Gasteiger partial charge in [0.15, 0.2) is 11.0 Å². The van der Waals surface area contributed by atoms with Crippen LogP contribution in [-0.4, -0.2) is 44.4 Å². The van der Waals surface area contributed by atoms with Crippen LogP contribution in [0, 0.1) is 10.1 Å². The van der Waals surface area contributed by atoms with Gasteiger partial charge in [-0.25, -0.2) is 0 Å². The second kappa shape index (κ2) is 12.5. The van der Waals surface area contributed by atoms with Crippen LogP contribution in [0.25, 0.3) is 0 Å². The van der Waals surface area contributed by atoms with Gasteiger partial charge in [-0.15, -0.1) is 16.8 Å². The predicted molar refractivity (Wildman–Crippen MR) is 136 cm³/mol. The number of nitro benzene ring substituents is 1. The third-order valence-corrected chi connectivity index (χ3v) is 6.01. The zero-order valence-electron chi connectivity index (χ0n) is 19.8. The molecule has 12 heteroatoms. The average molecular weight is 511 g/mol. The minimum absolute atomic E-state index is 0.0461. The number of nitrogens with zero attached hydrogens (tertiary/aromatic N) is 4. The Morgan fingerprint density at radius 3 is 2.47 bits per heavy atom. The second-order valence-corrected chi connectivity index (χ2v) is 8.64. The van der Waals surface area contributed by atoms with E-state index in [1.54, 1.807) is 29.9 Å². The van der Waals surface area contributed by atoms with Gasteiger partial charge in [-0.05, 0) is 36.8 Å². The van der Waals surface area contributed by atoms with Crippen LogP contribution in [0.3, 0.4) is 0 Å². The van der Waals surface area contributed by atoms with E-state index in [-0.39, 0.29) is 29.7 Å². The summed E-state index contributed by atoms with van der Waals surface area (Å²) >= 11 is 1.18. The van der Waals surface area contributed by atoms with Crippen molar-refractivity contribution in [3.63, 3.8) is 0 Å². The zero-order valence-corrected chi connectivity index (χ0v) is 20.7.